The van der Waals surface area contributed by atoms with Crippen molar-refractivity contribution >= 4 is 11.0 Å². The topological polar surface area (TPSA) is 98.7 Å². The van der Waals surface area contributed by atoms with E-state index >= 15 is 0 Å². The van der Waals surface area contributed by atoms with Crippen LogP contribution in [0.2, 0.25) is 0 Å². The molecule has 0 aliphatic heterocycles. The van der Waals surface area contributed by atoms with Gasteiger partial charge in [0.15, 0.2) is 11.6 Å². The number of rotatable bonds is 3. The zero-order chi connectivity index (χ0) is 13.2. The van der Waals surface area contributed by atoms with Crippen molar-refractivity contribution in [3.8, 4) is 17.5 Å². The van der Waals surface area contributed by atoms with Gasteiger partial charge in [0.25, 0.3) is 0 Å². The summed E-state index contributed by atoms with van der Waals surface area (Å²) in [6.07, 6.45) is 1.89. The Morgan fingerprint density at radius 2 is 2.32 bits per heavy atom. The van der Waals surface area contributed by atoms with Crippen LogP contribution in [-0.4, -0.2) is 20.3 Å². The van der Waals surface area contributed by atoms with Crippen LogP contribution in [-0.2, 0) is 13.0 Å². The summed E-state index contributed by atoms with van der Waals surface area (Å²) in [5.74, 6) is 0.926. The number of aromatic amines is 1. The minimum Gasteiger partial charge on any atom is -0.464 e. The summed E-state index contributed by atoms with van der Waals surface area (Å²) in [5, 5.41) is 25.3. The Labute approximate surface area is 108 Å². The fourth-order valence-corrected chi connectivity index (χ4v) is 1.94. The van der Waals surface area contributed by atoms with Gasteiger partial charge in [-0.05, 0) is 18.2 Å². The third-order valence-corrected chi connectivity index (χ3v) is 2.86. The average Bonchev–Trinajstić information content (AvgIpc) is 3.06. The SMILES string of the molecule is N#CCc1coc2ccc(-c3n[nH]c(CO)n3)cc12. The van der Waals surface area contributed by atoms with E-state index in [4.69, 9.17) is 14.8 Å². The van der Waals surface area contributed by atoms with Gasteiger partial charge in [-0.3, -0.25) is 5.10 Å². The summed E-state index contributed by atoms with van der Waals surface area (Å²) in [5.41, 5.74) is 2.38. The van der Waals surface area contributed by atoms with Gasteiger partial charge in [0.05, 0.1) is 18.8 Å². The van der Waals surface area contributed by atoms with Gasteiger partial charge >= 0.3 is 0 Å². The standard InChI is InChI=1S/C13H10N4O2/c14-4-3-9-7-19-11-2-1-8(5-10(9)11)13-15-12(6-18)16-17-13/h1-2,5,7,18H,3,6H2,(H,15,16,17). The number of nitrogens with one attached hydrogen (secondary N) is 1. The van der Waals surface area contributed by atoms with E-state index in [2.05, 4.69) is 21.3 Å². The van der Waals surface area contributed by atoms with E-state index in [0.717, 1.165) is 22.1 Å². The molecule has 0 unspecified atom stereocenters. The van der Waals surface area contributed by atoms with Gasteiger partial charge in [-0.15, -0.1) is 0 Å². The molecule has 1 aromatic carbocycles. The molecule has 0 amide bonds. The molecule has 6 heteroatoms. The van der Waals surface area contributed by atoms with Gasteiger partial charge in [0.1, 0.15) is 12.2 Å². The van der Waals surface area contributed by atoms with Gasteiger partial charge in [-0.1, -0.05) is 0 Å². The molecule has 94 valence electrons. The van der Waals surface area contributed by atoms with Crippen LogP contribution in [0.25, 0.3) is 22.4 Å². The number of nitrogens with zero attached hydrogens (tertiary/aromatic N) is 3. The molecule has 0 saturated carbocycles. The average molecular weight is 254 g/mol. The first-order valence-electron chi connectivity index (χ1n) is 5.71. The first kappa shape index (κ1) is 11.4. The number of hydrogen-bond donors (Lipinski definition) is 2. The Morgan fingerprint density at radius 1 is 1.42 bits per heavy atom. The summed E-state index contributed by atoms with van der Waals surface area (Å²) in [7, 11) is 0. The van der Waals surface area contributed by atoms with Crippen molar-refractivity contribution in [2.75, 3.05) is 0 Å². The van der Waals surface area contributed by atoms with Crippen molar-refractivity contribution in [2.24, 2.45) is 0 Å². The van der Waals surface area contributed by atoms with E-state index in [1.165, 1.54) is 0 Å². The largest absolute Gasteiger partial charge is 0.464 e. The van der Waals surface area contributed by atoms with Gasteiger partial charge in [0, 0.05) is 16.5 Å². The number of aliphatic hydroxyl groups excluding tert-OH is 1. The highest BCUT2D eigenvalue weighted by molar-refractivity contribution is 5.85. The summed E-state index contributed by atoms with van der Waals surface area (Å²) < 4.78 is 5.38. The van der Waals surface area contributed by atoms with Crippen LogP contribution in [0.1, 0.15) is 11.4 Å². The molecule has 0 aliphatic rings. The first-order chi connectivity index (χ1) is 9.31. The summed E-state index contributed by atoms with van der Waals surface area (Å²) in [6, 6.07) is 7.65. The second-order valence-electron chi connectivity index (χ2n) is 4.07. The molecule has 19 heavy (non-hydrogen) atoms. The normalized spacial score (nSPS) is 10.7. The highest BCUT2D eigenvalue weighted by atomic mass is 16.3. The number of nitriles is 1. The minimum atomic E-state index is -0.180. The third-order valence-electron chi connectivity index (χ3n) is 2.86. The summed E-state index contributed by atoms with van der Waals surface area (Å²) in [4.78, 5) is 4.15. The molecule has 2 heterocycles. The molecule has 0 fully saturated rings. The molecule has 2 N–H and O–H groups in total. The molecule has 3 aromatic rings. The number of aromatic nitrogens is 3. The molecule has 0 spiro atoms. The van der Waals surface area contributed by atoms with Gasteiger partial charge in [0.2, 0.25) is 0 Å². The molecule has 0 atom stereocenters. The van der Waals surface area contributed by atoms with Crippen LogP contribution in [0.4, 0.5) is 0 Å². The van der Waals surface area contributed by atoms with Crippen LogP contribution >= 0.6 is 0 Å². The van der Waals surface area contributed by atoms with Crippen LogP contribution in [0.3, 0.4) is 0 Å². The second-order valence-corrected chi connectivity index (χ2v) is 4.07. The Balaban J connectivity index is 2.09. The number of aliphatic hydroxyl groups is 1. The highest BCUT2D eigenvalue weighted by Gasteiger charge is 2.10. The van der Waals surface area contributed by atoms with Crippen molar-refractivity contribution in [3.63, 3.8) is 0 Å². The van der Waals surface area contributed by atoms with E-state index in [9.17, 15) is 0 Å². The zero-order valence-electron chi connectivity index (χ0n) is 9.92. The zero-order valence-corrected chi connectivity index (χ0v) is 9.92. The van der Waals surface area contributed by atoms with Gasteiger partial charge < -0.3 is 9.52 Å². The predicted molar refractivity (Wildman–Crippen MR) is 66.8 cm³/mol. The molecule has 0 saturated heterocycles. The Kier molecular flexibility index (Phi) is 2.74. The Bertz CT molecular complexity index is 766. The van der Waals surface area contributed by atoms with Crippen molar-refractivity contribution < 1.29 is 9.52 Å². The molecular formula is C13H10N4O2. The maximum atomic E-state index is 8.97. The van der Waals surface area contributed by atoms with Crippen molar-refractivity contribution in [1.29, 1.82) is 5.26 Å². The monoisotopic (exact) mass is 254 g/mol. The minimum absolute atomic E-state index is 0.180. The quantitative estimate of drug-likeness (QED) is 0.742. The maximum absolute atomic E-state index is 8.97. The van der Waals surface area contributed by atoms with E-state index in [1.807, 2.05) is 18.2 Å². The fourth-order valence-electron chi connectivity index (χ4n) is 1.94. The Morgan fingerprint density at radius 3 is 3.05 bits per heavy atom. The molecule has 2 aromatic heterocycles. The molecule has 0 bridgehead atoms. The van der Waals surface area contributed by atoms with E-state index in [1.54, 1.807) is 6.26 Å². The number of hydrogen-bond acceptors (Lipinski definition) is 5. The van der Waals surface area contributed by atoms with Crippen molar-refractivity contribution in [2.45, 2.75) is 13.0 Å². The number of benzene rings is 1. The lowest BCUT2D eigenvalue weighted by molar-refractivity contribution is 0.272. The molecular weight excluding hydrogens is 244 g/mol. The van der Waals surface area contributed by atoms with E-state index in [0.29, 0.717) is 18.1 Å². The lowest BCUT2D eigenvalue weighted by Crippen LogP contribution is -1.85. The smallest absolute Gasteiger partial charge is 0.181 e. The maximum Gasteiger partial charge on any atom is 0.181 e. The van der Waals surface area contributed by atoms with E-state index in [-0.39, 0.29) is 6.61 Å². The van der Waals surface area contributed by atoms with Crippen LogP contribution in [0, 0.1) is 11.3 Å². The van der Waals surface area contributed by atoms with Gasteiger partial charge in [-0.25, -0.2) is 4.98 Å². The lowest BCUT2D eigenvalue weighted by Gasteiger charge is -1.96. The van der Waals surface area contributed by atoms with Crippen molar-refractivity contribution in [1.82, 2.24) is 15.2 Å². The predicted octanol–water partition coefficient (Wildman–Crippen LogP) is 1.78. The molecule has 0 radical (unpaired) electrons. The number of fused-ring (bicyclic) bond motifs is 1. The lowest BCUT2D eigenvalue weighted by atomic mass is 10.1. The van der Waals surface area contributed by atoms with Gasteiger partial charge in [-0.2, -0.15) is 10.4 Å². The fraction of sp³-hybridized carbons (Fsp3) is 0.154. The number of furan rings is 1. The highest BCUT2D eigenvalue weighted by Crippen LogP contribution is 2.26. The Hall–Kier alpha value is -2.65. The molecule has 6 nitrogen and oxygen atoms in total. The summed E-state index contributed by atoms with van der Waals surface area (Å²) in [6.45, 7) is -0.180. The number of H-pyrrole nitrogens is 1. The third kappa shape index (κ3) is 1.96. The van der Waals surface area contributed by atoms with Crippen LogP contribution in [0.15, 0.2) is 28.9 Å². The molecule has 0 aliphatic carbocycles. The summed E-state index contributed by atoms with van der Waals surface area (Å²) >= 11 is 0. The first-order valence-corrected chi connectivity index (χ1v) is 5.71. The second kappa shape index (κ2) is 4.55. The van der Waals surface area contributed by atoms with Crippen molar-refractivity contribution in [3.05, 3.63) is 35.9 Å². The van der Waals surface area contributed by atoms with Crippen LogP contribution < -0.4 is 0 Å². The van der Waals surface area contributed by atoms with E-state index < -0.39 is 0 Å². The van der Waals surface area contributed by atoms with Crippen LogP contribution in [0.5, 0.6) is 0 Å². The molecule has 3 rings (SSSR count).